The van der Waals surface area contributed by atoms with Crippen LogP contribution in [0.25, 0.3) is 0 Å². The average Bonchev–Trinajstić information content (AvgIpc) is 2.58. The van der Waals surface area contributed by atoms with Gasteiger partial charge in [-0.2, -0.15) is 5.10 Å². The third-order valence-corrected chi connectivity index (χ3v) is 3.54. The van der Waals surface area contributed by atoms with E-state index in [9.17, 15) is 0 Å². The highest BCUT2D eigenvalue weighted by atomic mass is 15.3. The first-order valence-electron chi connectivity index (χ1n) is 5.93. The highest BCUT2D eigenvalue weighted by Gasteiger charge is 2.22. The zero-order valence-corrected chi connectivity index (χ0v) is 9.74. The molecule has 0 aromatic carbocycles. The van der Waals surface area contributed by atoms with Crippen LogP contribution in [0.4, 0.5) is 0 Å². The van der Waals surface area contributed by atoms with Crippen molar-refractivity contribution in [1.29, 1.82) is 0 Å². The van der Waals surface area contributed by atoms with Crippen molar-refractivity contribution in [2.24, 2.45) is 11.7 Å². The smallest absolute Gasteiger partial charge is 0.0596 e. The number of nitrogens with zero attached hydrogens (tertiary/aromatic N) is 2. The van der Waals surface area contributed by atoms with Gasteiger partial charge in [-0.15, -0.1) is 0 Å². The molecule has 0 amide bonds. The molecule has 0 radical (unpaired) electrons. The molecule has 15 heavy (non-hydrogen) atoms. The molecule has 3 heteroatoms. The molecule has 1 heterocycles. The van der Waals surface area contributed by atoms with Crippen molar-refractivity contribution in [3.63, 3.8) is 0 Å². The lowest BCUT2D eigenvalue weighted by Gasteiger charge is -2.28. The SMILES string of the molecule is Cc1cc(C)n(C2CCC(CN)CC2)n1. The maximum atomic E-state index is 5.70. The summed E-state index contributed by atoms with van der Waals surface area (Å²) >= 11 is 0. The molecule has 1 aliphatic rings. The molecule has 0 spiro atoms. The molecule has 0 unspecified atom stereocenters. The Bertz CT molecular complexity index is 322. The monoisotopic (exact) mass is 207 g/mol. The van der Waals surface area contributed by atoms with E-state index in [-0.39, 0.29) is 0 Å². The molecule has 2 N–H and O–H groups in total. The third kappa shape index (κ3) is 2.23. The van der Waals surface area contributed by atoms with Gasteiger partial charge in [-0.25, -0.2) is 0 Å². The first-order valence-corrected chi connectivity index (χ1v) is 5.93. The Morgan fingerprint density at radius 3 is 2.47 bits per heavy atom. The van der Waals surface area contributed by atoms with Gasteiger partial charge in [0.25, 0.3) is 0 Å². The predicted octanol–water partition coefficient (Wildman–Crippen LogP) is 2.19. The topological polar surface area (TPSA) is 43.8 Å². The fraction of sp³-hybridized carbons (Fsp3) is 0.750. The van der Waals surface area contributed by atoms with Crippen LogP contribution in [0.5, 0.6) is 0 Å². The first-order chi connectivity index (χ1) is 7.20. The van der Waals surface area contributed by atoms with Crippen LogP contribution < -0.4 is 5.73 Å². The number of aryl methyl sites for hydroxylation is 2. The van der Waals surface area contributed by atoms with E-state index in [2.05, 4.69) is 29.7 Å². The molecule has 0 bridgehead atoms. The van der Waals surface area contributed by atoms with Crippen LogP contribution >= 0.6 is 0 Å². The van der Waals surface area contributed by atoms with Gasteiger partial charge in [0.2, 0.25) is 0 Å². The summed E-state index contributed by atoms with van der Waals surface area (Å²) in [6.07, 6.45) is 5.01. The van der Waals surface area contributed by atoms with Crippen LogP contribution in [0.15, 0.2) is 6.07 Å². The lowest BCUT2D eigenvalue weighted by molar-refractivity contribution is 0.262. The summed E-state index contributed by atoms with van der Waals surface area (Å²) in [6, 6.07) is 2.77. The Hall–Kier alpha value is -0.830. The molecule has 0 saturated heterocycles. The molecule has 1 aliphatic carbocycles. The quantitative estimate of drug-likeness (QED) is 0.808. The van der Waals surface area contributed by atoms with Gasteiger partial charge in [-0.1, -0.05) is 0 Å². The third-order valence-electron chi connectivity index (χ3n) is 3.54. The normalized spacial score (nSPS) is 26.9. The molecule has 1 fully saturated rings. The van der Waals surface area contributed by atoms with Gasteiger partial charge >= 0.3 is 0 Å². The average molecular weight is 207 g/mol. The van der Waals surface area contributed by atoms with E-state index in [4.69, 9.17) is 5.73 Å². The maximum absolute atomic E-state index is 5.70. The van der Waals surface area contributed by atoms with Gasteiger partial charge in [-0.05, 0) is 58.1 Å². The highest BCUT2D eigenvalue weighted by molar-refractivity contribution is 5.07. The minimum atomic E-state index is 0.612. The Morgan fingerprint density at radius 2 is 2.00 bits per heavy atom. The Kier molecular flexibility index (Phi) is 3.10. The molecule has 1 aromatic rings. The van der Waals surface area contributed by atoms with Gasteiger partial charge in [0.1, 0.15) is 0 Å². The number of hydrogen-bond donors (Lipinski definition) is 1. The van der Waals surface area contributed by atoms with E-state index in [0.717, 1.165) is 18.2 Å². The summed E-state index contributed by atoms with van der Waals surface area (Å²) in [5.74, 6) is 0.748. The zero-order valence-electron chi connectivity index (χ0n) is 9.74. The summed E-state index contributed by atoms with van der Waals surface area (Å²) in [6.45, 7) is 5.06. The zero-order chi connectivity index (χ0) is 10.8. The molecule has 2 rings (SSSR count). The Morgan fingerprint density at radius 1 is 1.33 bits per heavy atom. The molecule has 0 atom stereocenters. The van der Waals surface area contributed by atoms with Crippen LogP contribution in [0.2, 0.25) is 0 Å². The van der Waals surface area contributed by atoms with Crippen molar-refractivity contribution < 1.29 is 0 Å². The molecule has 3 nitrogen and oxygen atoms in total. The Labute approximate surface area is 91.7 Å². The lowest BCUT2D eigenvalue weighted by Crippen LogP contribution is -2.24. The van der Waals surface area contributed by atoms with Crippen molar-refractivity contribution in [3.05, 3.63) is 17.5 Å². The van der Waals surface area contributed by atoms with E-state index >= 15 is 0 Å². The predicted molar refractivity (Wildman–Crippen MR) is 61.8 cm³/mol. The summed E-state index contributed by atoms with van der Waals surface area (Å²) in [5.41, 5.74) is 8.13. The number of nitrogens with two attached hydrogens (primary N) is 1. The first kappa shape index (κ1) is 10.7. The van der Waals surface area contributed by atoms with Crippen LogP contribution in [0.3, 0.4) is 0 Å². The van der Waals surface area contributed by atoms with Crippen molar-refractivity contribution in [3.8, 4) is 0 Å². The van der Waals surface area contributed by atoms with Gasteiger partial charge < -0.3 is 5.73 Å². The molecule has 1 saturated carbocycles. The van der Waals surface area contributed by atoms with E-state index < -0.39 is 0 Å². The summed E-state index contributed by atoms with van der Waals surface area (Å²) in [7, 11) is 0. The minimum Gasteiger partial charge on any atom is -0.330 e. The van der Waals surface area contributed by atoms with Gasteiger partial charge in [0, 0.05) is 5.69 Å². The molecule has 1 aromatic heterocycles. The molecule has 84 valence electrons. The number of aromatic nitrogens is 2. The van der Waals surface area contributed by atoms with Crippen LogP contribution in [0, 0.1) is 19.8 Å². The largest absolute Gasteiger partial charge is 0.330 e. The molecular weight excluding hydrogens is 186 g/mol. The minimum absolute atomic E-state index is 0.612. The molecule has 0 aliphatic heterocycles. The number of rotatable bonds is 2. The second kappa shape index (κ2) is 4.35. The fourth-order valence-corrected chi connectivity index (χ4v) is 2.64. The van der Waals surface area contributed by atoms with Crippen molar-refractivity contribution in [2.45, 2.75) is 45.6 Å². The van der Waals surface area contributed by atoms with Gasteiger partial charge in [0.05, 0.1) is 11.7 Å². The Balaban J connectivity index is 2.04. The van der Waals surface area contributed by atoms with Gasteiger partial charge in [0.15, 0.2) is 0 Å². The van der Waals surface area contributed by atoms with Crippen LogP contribution in [-0.2, 0) is 0 Å². The summed E-state index contributed by atoms with van der Waals surface area (Å²) in [4.78, 5) is 0. The molecular formula is C12H21N3. The van der Waals surface area contributed by atoms with E-state index in [1.165, 1.54) is 31.4 Å². The van der Waals surface area contributed by atoms with E-state index in [1.54, 1.807) is 0 Å². The van der Waals surface area contributed by atoms with E-state index in [0.29, 0.717) is 6.04 Å². The van der Waals surface area contributed by atoms with Crippen molar-refractivity contribution in [1.82, 2.24) is 9.78 Å². The lowest BCUT2D eigenvalue weighted by atomic mass is 9.86. The van der Waals surface area contributed by atoms with Crippen molar-refractivity contribution in [2.75, 3.05) is 6.54 Å². The second-order valence-electron chi connectivity index (χ2n) is 4.78. The maximum Gasteiger partial charge on any atom is 0.0596 e. The van der Waals surface area contributed by atoms with E-state index in [1.807, 2.05) is 0 Å². The standard InChI is InChI=1S/C12H21N3/c1-9-7-10(2)15(14-9)12-5-3-11(8-13)4-6-12/h7,11-12H,3-6,8,13H2,1-2H3. The second-order valence-corrected chi connectivity index (χ2v) is 4.78. The van der Waals surface area contributed by atoms with Crippen molar-refractivity contribution >= 4 is 0 Å². The highest BCUT2D eigenvalue weighted by Crippen LogP contribution is 2.32. The fourth-order valence-electron chi connectivity index (χ4n) is 2.64. The summed E-state index contributed by atoms with van der Waals surface area (Å²) < 4.78 is 2.21. The van der Waals surface area contributed by atoms with Gasteiger partial charge in [-0.3, -0.25) is 4.68 Å². The summed E-state index contributed by atoms with van der Waals surface area (Å²) in [5, 5.41) is 4.57. The number of hydrogen-bond acceptors (Lipinski definition) is 2. The van der Waals surface area contributed by atoms with Crippen LogP contribution in [0.1, 0.15) is 43.1 Å². The van der Waals surface area contributed by atoms with Crippen LogP contribution in [-0.4, -0.2) is 16.3 Å².